The quantitative estimate of drug-likeness (QED) is 0.199. The molecule has 4 aromatic carbocycles. The summed E-state index contributed by atoms with van der Waals surface area (Å²) in [7, 11) is 4.13. The zero-order valence-corrected chi connectivity index (χ0v) is 20.4. The molecule has 32 heavy (non-hydrogen) atoms. The van der Waals surface area contributed by atoms with E-state index < -0.39 is 0 Å². The molecule has 0 atom stereocenters. The molecule has 1 heterocycles. The summed E-state index contributed by atoms with van der Waals surface area (Å²) in [6.45, 7) is 1.58. The SMILES string of the molecule is CC(=O)N(/C=C/c1n(C)c2cc3cc4ccccc4cc3cc2[n+]1C)c1ccccc1.[I-]. The van der Waals surface area contributed by atoms with Crippen molar-refractivity contribution >= 4 is 50.2 Å². The van der Waals surface area contributed by atoms with Gasteiger partial charge in [-0.2, -0.15) is 0 Å². The van der Waals surface area contributed by atoms with Gasteiger partial charge in [-0.15, -0.1) is 0 Å². The summed E-state index contributed by atoms with van der Waals surface area (Å²) in [6.07, 6.45) is 3.84. The molecule has 0 radical (unpaired) electrons. The first-order valence-corrected chi connectivity index (χ1v) is 10.4. The molecule has 0 bridgehead atoms. The Morgan fingerprint density at radius 2 is 1.47 bits per heavy atom. The summed E-state index contributed by atoms with van der Waals surface area (Å²) in [5.41, 5.74) is 3.16. The number of imidazole rings is 1. The number of fused-ring (bicyclic) bond motifs is 3. The van der Waals surface area contributed by atoms with Gasteiger partial charge in [-0.1, -0.05) is 42.5 Å². The number of aryl methyl sites for hydroxylation is 2. The number of carbonyl (C=O) groups is 1. The van der Waals surface area contributed by atoms with Crippen LogP contribution in [-0.2, 0) is 18.9 Å². The Bertz CT molecular complexity index is 1410. The fourth-order valence-corrected chi connectivity index (χ4v) is 4.30. The van der Waals surface area contributed by atoms with Crippen molar-refractivity contribution in [3.8, 4) is 0 Å². The van der Waals surface area contributed by atoms with Crippen LogP contribution in [0.4, 0.5) is 5.69 Å². The smallest absolute Gasteiger partial charge is 0.283 e. The molecule has 160 valence electrons. The van der Waals surface area contributed by atoms with Gasteiger partial charge in [0.2, 0.25) is 5.91 Å². The van der Waals surface area contributed by atoms with Crippen LogP contribution in [0.3, 0.4) is 0 Å². The molecule has 0 saturated heterocycles. The van der Waals surface area contributed by atoms with Crippen molar-refractivity contribution in [2.45, 2.75) is 6.92 Å². The molecule has 5 heteroatoms. The summed E-state index contributed by atoms with van der Waals surface area (Å²) >= 11 is 0. The highest BCUT2D eigenvalue weighted by Gasteiger charge is 2.19. The van der Waals surface area contributed by atoms with Crippen LogP contribution in [-0.4, -0.2) is 10.5 Å². The lowest BCUT2D eigenvalue weighted by atomic mass is 10.0. The van der Waals surface area contributed by atoms with Gasteiger partial charge in [0, 0.05) is 24.9 Å². The van der Waals surface area contributed by atoms with Crippen molar-refractivity contribution in [1.82, 2.24) is 4.57 Å². The normalized spacial score (nSPS) is 11.3. The average Bonchev–Trinajstić information content (AvgIpc) is 3.01. The molecule has 5 aromatic rings. The van der Waals surface area contributed by atoms with Gasteiger partial charge in [0.15, 0.2) is 11.0 Å². The lowest BCUT2D eigenvalue weighted by Crippen LogP contribution is -3.00. The Balaban J connectivity index is 0.00000245. The van der Waals surface area contributed by atoms with Crippen LogP contribution in [0.1, 0.15) is 12.7 Å². The summed E-state index contributed by atoms with van der Waals surface area (Å²) in [5, 5.41) is 4.93. The van der Waals surface area contributed by atoms with E-state index in [0.29, 0.717) is 0 Å². The van der Waals surface area contributed by atoms with E-state index in [-0.39, 0.29) is 29.9 Å². The Morgan fingerprint density at radius 1 is 0.875 bits per heavy atom. The number of benzene rings is 4. The first kappa shape index (κ1) is 22.0. The van der Waals surface area contributed by atoms with E-state index in [4.69, 9.17) is 0 Å². The number of hydrogen-bond acceptors (Lipinski definition) is 1. The van der Waals surface area contributed by atoms with Crippen LogP contribution < -0.4 is 33.4 Å². The summed E-state index contributed by atoms with van der Waals surface area (Å²) in [6, 6.07) is 27.1. The molecular weight excluding hydrogens is 509 g/mol. The Morgan fingerprint density at radius 3 is 2.09 bits per heavy atom. The van der Waals surface area contributed by atoms with Crippen molar-refractivity contribution in [2.75, 3.05) is 4.90 Å². The average molecular weight is 533 g/mol. The Kier molecular flexibility index (Phi) is 6.02. The predicted molar refractivity (Wildman–Crippen MR) is 128 cm³/mol. The molecule has 0 N–H and O–H groups in total. The van der Waals surface area contributed by atoms with Gasteiger partial charge >= 0.3 is 0 Å². The van der Waals surface area contributed by atoms with Crippen molar-refractivity contribution < 1.29 is 33.3 Å². The van der Waals surface area contributed by atoms with E-state index in [1.807, 2.05) is 42.6 Å². The van der Waals surface area contributed by atoms with E-state index in [9.17, 15) is 4.79 Å². The molecule has 0 unspecified atom stereocenters. The van der Waals surface area contributed by atoms with E-state index >= 15 is 0 Å². The number of anilines is 1. The number of halogens is 1. The van der Waals surface area contributed by atoms with Crippen LogP contribution in [0.25, 0.3) is 38.7 Å². The maximum atomic E-state index is 12.2. The number of para-hydroxylation sites is 1. The zero-order valence-electron chi connectivity index (χ0n) is 18.3. The zero-order chi connectivity index (χ0) is 21.5. The van der Waals surface area contributed by atoms with Gasteiger partial charge in [0.1, 0.15) is 0 Å². The number of nitrogens with zero attached hydrogens (tertiary/aromatic N) is 3. The molecule has 4 nitrogen and oxygen atoms in total. The number of aromatic nitrogens is 2. The minimum absolute atomic E-state index is 0. The second-order valence-corrected chi connectivity index (χ2v) is 7.90. The molecule has 1 aromatic heterocycles. The third kappa shape index (κ3) is 3.77. The molecule has 1 amide bonds. The van der Waals surface area contributed by atoms with Crippen molar-refractivity contribution in [1.29, 1.82) is 0 Å². The van der Waals surface area contributed by atoms with Gasteiger partial charge in [0.25, 0.3) is 5.82 Å². The molecule has 0 fully saturated rings. The van der Waals surface area contributed by atoms with Crippen LogP contribution in [0.2, 0.25) is 0 Å². The molecule has 0 saturated carbocycles. The van der Waals surface area contributed by atoms with Crippen LogP contribution in [0.15, 0.2) is 85.1 Å². The topological polar surface area (TPSA) is 29.1 Å². The fraction of sp³-hybridized carbons (Fsp3) is 0.111. The van der Waals surface area contributed by atoms with Crippen molar-refractivity contribution in [3.05, 3.63) is 90.9 Å². The Hall–Kier alpha value is -3.19. The second kappa shape index (κ2) is 8.74. The highest BCUT2D eigenvalue weighted by Crippen LogP contribution is 2.27. The Labute approximate surface area is 204 Å². The van der Waals surface area contributed by atoms with Gasteiger partial charge < -0.3 is 24.0 Å². The van der Waals surface area contributed by atoms with Crippen molar-refractivity contribution in [2.24, 2.45) is 14.1 Å². The number of rotatable bonds is 3. The highest BCUT2D eigenvalue weighted by molar-refractivity contribution is 6.03. The summed E-state index contributed by atoms with van der Waals surface area (Å²) in [5.74, 6) is 0.985. The lowest BCUT2D eigenvalue weighted by Gasteiger charge is -2.15. The molecular formula is C27H24IN3O. The first-order valence-electron chi connectivity index (χ1n) is 10.4. The van der Waals surface area contributed by atoms with E-state index in [1.165, 1.54) is 21.5 Å². The number of hydrogen-bond donors (Lipinski definition) is 0. The largest absolute Gasteiger partial charge is 1.00 e. The maximum absolute atomic E-state index is 12.2. The highest BCUT2D eigenvalue weighted by atomic mass is 127. The first-order chi connectivity index (χ1) is 15.0. The third-order valence-corrected chi connectivity index (χ3v) is 5.95. The van der Waals surface area contributed by atoms with Gasteiger partial charge in [0.05, 0.1) is 14.1 Å². The minimum atomic E-state index is -0.0266. The van der Waals surface area contributed by atoms with Crippen LogP contribution in [0, 0.1) is 0 Å². The van der Waals surface area contributed by atoms with Gasteiger partial charge in [-0.05, 0) is 57.9 Å². The van der Waals surface area contributed by atoms with E-state index in [0.717, 1.165) is 22.5 Å². The summed E-state index contributed by atoms with van der Waals surface area (Å²) in [4.78, 5) is 13.9. The maximum Gasteiger partial charge on any atom is 0.283 e. The summed E-state index contributed by atoms with van der Waals surface area (Å²) < 4.78 is 4.34. The molecule has 0 aliphatic rings. The number of amides is 1. The number of carbonyl (C=O) groups excluding carboxylic acids is 1. The molecule has 5 rings (SSSR count). The minimum Gasteiger partial charge on any atom is -1.00 e. The van der Waals surface area contributed by atoms with Crippen LogP contribution >= 0.6 is 0 Å². The third-order valence-electron chi connectivity index (χ3n) is 5.95. The second-order valence-electron chi connectivity index (χ2n) is 7.90. The predicted octanol–water partition coefficient (Wildman–Crippen LogP) is 2.34. The lowest BCUT2D eigenvalue weighted by molar-refractivity contribution is -0.647. The standard InChI is InChI=1S/C27H24N3O.HI/c1-19(31)30(24-11-5-4-6-12-24)14-13-27-28(2)25-17-22-15-20-9-7-8-10-21(20)16-23(22)18-26(25)29(27)3;/h4-18H,1-3H3;1H/q+1;/p-1. The van der Waals surface area contributed by atoms with Crippen LogP contribution in [0.5, 0.6) is 0 Å². The molecule has 0 aliphatic heterocycles. The van der Waals surface area contributed by atoms with E-state index in [2.05, 4.69) is 71.8 Å². The molecule has 0 aliphatic carbocycles. The van der Waals surface area contributed by atoms with Crippen molar-refractivity contribution in [3.63, 3.8) is 0 Å². The molecule has 0 spiro atoms. The fourth-order valence-electron chi connectivity index (χ4n) is 4.30. The van der Waals surface area contributed by atoms with Gasteiger partial charge in [-0.3, -0.25) is 9.69 Å². The monoisotopic (exact) mass is 533 g/mol. The van der Waals surface area contributed by atoms with Gasteiger partial charge in [-0.25, -0.2) is 9.13 Å². The van der Waals surface area contributed by atoms with E-state index in [1.54, 1.807) is 11.8 Å².